The molecule has 1 aromatic carbocycles. The topological polar surface area (TPSA) is 116 Å². The molecule has 9 nitrogen and oxygen atoms in total. The summed E-state index contributed by atoms with van der Waals surface area (Å²) in [5.41, 5.74) is 5.61. The molecule has 3 aliphatic rings. The van der Waals surface area contributed by atoms with Crippen LogP contribution in [0.4, 0.5) is 24.5 Å². The van der Waals surface area contributed by atoms with Gasteiger partial charge in [0.25, 0.3) is 0 Å². The summed E-state index contributed by atoms with van der Waals surface area (Å²) < 4.78 is 20.2. The number of primary amides is 1. The van der Waals surface area contributed by atoms with E-state index in [1.807, 2.05) is 0 Å². The monoisotopic (exact) mass is 434 g/mol. The molecule has 1 unspecified atom stereocenters. The highest BCUT2D eigenvalue weighted by molar-refractivity contribution is 5.89. The molecule has 0 bridgehead atoms. The van der Waals surface area contributed by atoms with Gasteiger partial charge in [0.05, 0.1) is 18.8 Å². The first-order valence-corrected chi connectivity index (χ1v) is 10.3. The summed E-state index contributed by atoms with van der Waals surface area (Å²) in [6.07, 6.45) is -2.37. The molecule has 1 aliphatic carbocycles. The quantitative estimate of drug-likeness (QED) is 0.756. The predicted octanol–water partition coefficient (Wildman–Crippen LogP) is 2.65. The molecule has 0 radical (unpaired) electrons. The van der Waals surface area contributed by atoms with Crippen molar-refractivity contribution in [3.63, 3.8) is 0 Å². The number of hydrogen-bond acceptors (Lipinski definition) is 4. The number of piperidine rings is 1. The molecule has 2 heterocycles. The van der Waals surface area contributed by atoms with Crippen LogP contribution >= 0.6 is 0 Å². The molecule has 1 aromatic rings. The molecule has 1 saturated carbocycles. The molecule has 0 aromatic heterocycles. The Labute approximate surface area is 179 Å². The SMILES string of the molecule is CC(C)(C)N(C[C@@H]1CN(c2ccc(C3[C@H]4CN(C(N)=O)C[C@@H]34)c(F)c2)C(=O)O1)C(=O)O. The van der Waals surface area contributed by atoms with Gasteiger partial charge in [0.1, 0.15) is 11.9 Å². The number of benzene rings is 1. The van der Waals surface area contributed by atoms with Gasteiger partial charge in [-0.15, -0.1) is 0 Å². The van der Waals surface area contributed by atoms with E-state index >= 15 is 0 Å². The maximum atomic E-state index is 14.9. The second kappa shape index (κ2) is 7.28. The minimum absolute atomic E-state index is 0.0312. The number of hydrogen-bond donors (Lipinski definition) is 2. The molecule has 4 rings (SSSR count). The highest BCUT2D eigenvalue weighted by Crippen LogP contribution is 2.58. The van der Waals surface area contributed by atoms with Crippen LogP contribution in [-0.4, -0.2) is 70.9 Å². The number of likely N-dealkylation sites (tertiary alicyclic amines) is 1. The number of urea groups is 1. The molecule has 4 amide bonds. The first-order valence-electron chi connectivity index (χ1n) is 10.3. The molecule has 3 fully saturated rings. The van der Waals surface area contributed by atoms with Gasteiger partial charge in [0, 0.05) is 18.6 Å². The van der Waals surface area contributed by atoms with Crippen molar-refractivity contribution in [1.29, 1.82) is 0 Å². The first-order chi connectivity index (χ1) is 14.5. The van der Waals surface area contributed by atoms with Gasteiger partial charge < -0.3 is 20.5 Å². The van der Waals surface area contributed by atoms with Crippen LogP contribution < -0.4 is 10.6 Å². The van der Waals surface area contributed by atoms with Crippen LogP contribution in [0.5, 0.6) is 0 Å². The number of amides is 4. The van der Waals surface area contributed by atoms with E-state index < -0.39 is 35.7 Å². The van der Waals surface area contributed by atoms with E-state index in [1.165, 1.54) is 15.9 Å². The maximum absolute atomic E-state index is 14.9. The van der Waals surface area contributed by atoms with E-state index in [2.05, 4.69) is 0 Å². The Morgan fingerprint density at radius 3 is 2.42 bits per heavy atom. The van der Waals surface area contributed by atoms with Gasteiger partial charge in [-0.3, -0.25) is 9.80 Å². The summed E-state index contributed by atoms with van der Waals surface area (Å²) in [7, 11) is 0. The summed E-state index contributed by atoms with van der Waals surface area (Å²) >= 11 is 0. The number of anilines is 1. The molecule has 31 heavy (non-hydrogen) atoms. The fraction of sp³-hybridized carbons (Fsp3) is 0.571. The smallest absolute Gasteiger partial charge is 0.414 e. The van der Waals surface area contributed by atoms with Crippen LogP contribution in [0.15, 0.2) is 18.2 Å². The Hall–Kier alpha value is -3.04. The number of ether oxygens (including phenoxy) is 1. The number of nitrogens with two attached hydrogens (primary N) is 1. The van der Waals surface area contributed by atoms with Gasteiger partial charge in [-0.1, -0.05) is 6.07 Å². The number of rotatable bonds is 4. The van der Waals surface area contributed by atoms with Crippen LogP contribution in [0, 0.1) is 17.7 Å². The zero-order chi connectivity index (χ0) is 22.7. The van der Waals surface area contributed by atoms with Crippen LogP contribution in [0.25, 0.3) is 0 Å². The van der Waals surface area contributed by atoms with Gasteiger partial charge in [-0.2, -0.15) is 0 Å². The van der Waals surface area contributed by atoms with Crippen molar-refractivity contribution in [1.82, 2.24) is 9.80 Å². The van der Waals surface area contributed by atoms with Gasteiger partial charge in [-0.05, 0) is 56.2 Å². The van der Waals surface area contributed by atoms with Crippen LogP contribution in [0.3, 0.4) is 0 Å². The van der Waals surface area contributed by atoms with E-state index in [0.717, 1.165) is 0 Å². The summed E-state index contributed by atoms with van der Waals surface area (Å²) in [5.74, 6) is 0.0845. The van der Waals surface area contributed by atoms with E-state index in [0.29, 0.717) is 24.3 Å². The lowest BCUT2D eigenvalue weighted by atomic mass is 10.0. The maximum Gasteiger partial charge on any atom is 0.414 e. The summed E-state index contributed by atoms with van der Waals surface area (Å²) in [6.45, 7) is 6.54. The number of fused-ring (bicyclic) bond motifs is 1. The highest BCUT2D eigenvalue weighted by atomic mass is 19.1. The number of cyclic esters (lactones) is 1. The van der Waals surface area contributed by atoms with Crippen molar-refractivity contribution in [3.8, 4) is 0 Å². The second-order valence-corrected chi connectivity index (χ2v) is 9.48. The molecule has 10 heteroatoms. The summed E-state index contributed by atoms with van der Waals surface area (Å²) in [6, 6.07) is 4.23. The van der Waals surface area contributed by atoms with Crippen molar-refractivity contribution < 1.29 is 28.6 Å². The van der Waals surface area contributed by atoms with Gasteiger partial charge in [-0.25, -0.2) is 18.8 Å². The number of halogens is 1. The number of nitrogens with zero attached hydrogens (tertiary/aromatic N) is 3. The largest absolute Gasteiger partial charge is 0.465 e. The van der Waals surface area contributed by atoms with Gasteiger partial charge in [0.15, 0.2) is 0 Å². The summed E-state index contributed by atoms with van der Waals surface area (Å²) in [5, 5.41) is 9.45. The Bertz CT molecular complexity index is 921. The van der Waals surface area contributed by atoms with E-state index in [-0.39, 0.29) is 30.8 Å². The predicted molar refractivity (Wildman–Crippen MR) is 109 cm³/mol. The first kappa shape index (κ1) is 21.2. The number of carboxylic acid groups (broad SMARTS) is 1. The van der Waals surface area contributed by atoms with Crippen LogP contribution in [0.2, 0.25) is 0 Å². The standard InChI is InChI=1S/C21H27FN4O5/c1-21(2,3)26(19(28)29)8-12-7-25(20(30)31-12)11-4-5-13(16(22)6-11)17-14-9-24(18(23)27)10-15(14)17/h4-6,12,14-15,17H,7-10H2,1-3H3,(H2,23,27)(H,28,29)/t12-,14-,15+,17?/m0/s1. The van der Waals surface area contributed by atoms with E-state index in [1.54, 1.807) is 37.8 Å². The van der Waals surface area contributed by atoms with E-state index in [9.17, 15) is 23.9 Å². The molecule has 168 valence electrons. The average Bonchev–Trinajstić information content (AvgIpc) is 3.00. The third-order valence-electron chi connectivity index (χ3n) is 6.46. The molecule has 2 aliphatic heterocycles. The second-order valence-electron chi connectivity index (χ2n) is 9.48. The zero-order valence-electron chi connectivity index (χ0n) is 17.7. The fourth-order valence-corrected chi connectivity index (χ4v) is 4.79. The van der Waals surface area contributed by atoms with Crippen LogP contribution in [-0.2, 0) is 4.74 Å². The van der Waals surface area contributed by atoms with Crippen LogP contribution in [0.1, 0.15) is 32.3 Å². The van der Waals surface area contributed by atoms with Crippen molar-refractivity contribution >= 4 is 23.9 Å². The molecule has 4 atom stereocenters. The lowest BCUT2D eigenvalue weighted by Gasteiger charge is -2.34. The Kier molecular flexibility index (Phi) is 4.98. The minimum atomic E-state index is -1.10. The Morgan fingerprint density at radius 1 is 1.26 bits per heavy atom. The van der Waals surface area contributed by atoms with E-state index in [4.69, 9.17) is 10.5 Å². The minimum Gasteiger partial charge on any atom is -0.465 e. The van der Waals surface area contributed by atoms with Crippen molar-refractivity contribution in [3.05, 3.63) is 29.6 Å². The number of carbonyl (C=O) groups excluding carboxylic acids is 2. The molecule has 2 saturated heterocycles. The molecule has 0 spiro atoms. The average molecular weight is 434 g/mol. The Balaban J connectivity index is 1.43. The molecular formula is C21H27FN4O5. The number of carbonyl (C=O) groups is 3. The third-order valence-corrected chi connectivity index (χ3v) is 6.46. The highest BCUT2D eigenvalue weighted by Gasteiger charge is 2.57. The zero-order valence-corrected chi connectivity index (χ0v) is 17.7. The molecular weight excluding hydrogens is 407 g/mol. The summed E-state index contributed by atoms with van der Waals surface area (Å²) in [4.78, 5) is 39.3. The van der Waals surface area contributed by atoms with Gasteiger partial charge >= 0.3 is 18.2 Å². The fourth-order valence-electron chi connectivity index (χ4n) is 4.79. The van der Waals surface area contributed by atoms with Crippen molar-refractivity contribution in [2.75, 3.05) is 31.1 Å². The Morgan fingerprint density at radius 2 is 1.90 bits per heavy atom. The lowest BCUT2D eigenvalue weighted by Crippen LogP contribution is -2.49. The molecule has 3 N–H and O–H groups in total. The van der Waals surface area contributed by atoms with Crippen molar-refractivity contribution in [2.45, 2.75) is 38.3 Å². The third kappa shape index (κ3) is 3.86. The van der Waals surface area contributed by atoms with Gasteiger partial charge in [0.2, 0.25) is 0 Å². The normalized spacial score (nSPS) is 27.2. The van der Waals surface area contributed by atoms with Crippen molar-refractivity contribution in [2.24, 2.45) is 17.6 Å². The lowest BCUT2D eigenvalue weighted by molar-refractivity contribution is 0.0605.